The molecule has 0 fully saturated rings. The minimum Gasteiger partial charge on any atom is -0.346 e. The zero-order valence-electron chi connectivity index (χ0n) is 11.5. The minimum atomic E-state index is -0.387. The average Bonchev–Trinajstić information content (AvgIpc) is 2.91. The Balaban J connectivity index is 2.12. The van der Waals surface area contributed by atoms with Gasteiger partial charge in [-0.25, -0.2) is 9.97 Å². The van der Waals surface area contributed by atoms with Crippen molar-refractivity contribution in [3.8, 4) is 5.82 Å². The number of aryl methyl sites for hydroxylation is 1. The molecule has 110 valence electrons. The summed E-state index contributed by atoms with van der Waals surface area (Å²) in [6.07, 6.45) is 5.03. The third-order valence-electron chi connectivity index (χ3n) is 2.75. The van der Waals surface area contributed by atoms with Crippen molar-refractivity contribution < 1.29 is 9.59 Å². The first-order valence-electron chi connectivity index (χ1n) is 6.33. The second kappa shape index (κ2) is 6.62. The largest absolute Gasteiger partial charge is 0.346 e. The van der Waals surface area contributed by atoms with Crippen molar-refractivity contribution in [3.05, 3.63) is 36.5 Å². The fraction of sp³-hybridized carbons (Fsp3) is 0.231. The van der Waals surface area contributed by atoms with E-state index in [1.807, 2.05) is 6.92 Å². The second-order valence-corrected chi connectivity index (χ2v) is 4.25. The normalized spacial score (nSPS) is 10.2. The summed E-state index contributed by atoms with van der Waals surface area (Å²) in [5.41, 5.74) is 5.68. The average molecular weight is 288 g/mol. The van der Waals surface area contributed by atoms with Crippen molar-refractivity contribution in [1.29, 1.82) is 0 Å². The predicted octanol–water partition coefficient (Wildman–Crippen LogP) is -0.411. The molecule has 21 heavy (non-hydrogen) atoms. The Morgan fingerprint density at radius 2 is 2.10 bits per heavy atom. The maximum atomic E-state index is 11.8. The van der Waals surface area contributed by atoms with Gasteiger partial charge < -0.3 is 16.4 Å². The van der Waals surface area contributed by atoms with Crippen molar-refractivity contribution in [2.75, 3.05) is 18.4 Å². The molecule has 2 heterocycles. The quantitative estimate of drug-likeness (QED) is 0.692. The van der Waals surface area contributed by atoms with Gasteiger partial charge >= 0.3 is 0 Å². The first-order valence-corrected chi connectivity index (χ1v) is 6.33. The van der Waals surface area contributed by atoms with Gasteiger partial charge in [0.05, 0.1) is 18.8 Å². The Labute approximate surface area is 121 Å². The molecule has 0 saturated heterocycles. The van der Waals surface area contributed by atoms with Crippen molar-refractivity contribution in [1.82, 2.24) is 19.9 Å². The highest BCUT2D eigenvalue weighted by Gasteiger charge is 2.11. The number of aromatic nitrogens is 3. The number of hydrogen-bond acceptors (Lipinski definition) is 5. The molecule has 0 aliphatic rings. The maximum Gasteiger partial charge on any atom is 0.243 e. The van der Waals surface area contributed by atoms with Gasteiger partial charge in [0.15, 0.2) is 5.82 Å². The number of amides is 2. The fourth-order valence-corrected chi connectivity index (χ4v) is 1.73. The number of nitrogens with one attached hydrogen (secondary N) is 2. The van der Waals surface area contributed by atoms with Crippen LogP contribution in [0, 0.1) is 6.92 Å². The molecular weight excluding hydrogens is 272 g/mol. The summed E-state index contributed by atoms with van der Waals surface area (Å²) in [4.78, 5) is 31.2. The molecule has 2 rings (SSSR count). The van der Waals surface area contributed by atoms with Crippen LogP contribution in [-0.2, 0) is 9.59 Å². The molecule has 0 spiro atoms. The van der Waals surface area contributed by atoms with Gasteiger partial charge in [-0.1, -0.05) is 0 Å². The van der Waals surface area contributed by atoms with Crippen LogP contribution in [-0.4, -0.2) is 39.4 Å². The van der Waals surface area contributed by atoms with Crippen LogP contribution in [0.5, 0.6) is 0 Å². The van der Waals surface area contributed by atoms with Gasteiger partial charge in [0.2, 0.25) is 11.8 Å². The summed E-state index contributed by atoms with van der Waals surface area (Å²) >= 11 is 0. The van der Waals surface area contributed by atoms with E-state index in [1.165, 1.54) is 0 Å². The number of anilines is 1. The first kappa shape index (κ1) is 14.7. The molecule has 0 bridgehead atoms. The van der Waals surface area contributed by atoms with Crippen molar-refractivity contribution in [3.63, 3.8) is 0 Å². The molecule has 0 atom stereocenters. The third kappa shape index (κ3) is 3.63. The van der Waals surface area contributed by atoms with Gasteiger partial charge in [0, 0.05) is 18.6 Å². The van der Waals surface area contributed by atoms with Crippen LogP contribution >= 0.6 is 0 Å². The van der Waals surface area contributed by atoms with Gasteiger partial charge in [-0.05, 0) is 19.1 Å². The SMILES string of the molecule is Cc1nccn1-c1ncccc1NC(=O)CNC(=O)CN. The monoisotopic (exact) mass is 288 g/mol. The van der Waals surface area contributed by atoms with E-state index in [2.05, 4.69) is 20.6 Å². The lowest BCUT2D eigenvalue weighted by Gasteiger charge is -2.11. The lowest BCUT2D eigenvalue weighted by Crippen LogP contribution is -2.36. The fourth-order valence-electron chi connectivity index (χ4n) is 1.73. The van der Waals surface area contributed by atoms with Crippen LogP contribution in [0.4, 0.5) is 5.69 Å². The molecule has 0 aliphatic heterocycles. The molecule has 0 unspecified atom stereocenters. The number of pyridine rings is 1. The van der Waals surface area contributed by atoms with Crippen molar-refractivity contribution in [2.45, 2.75) is 6.92 Å². The van der Waals surface area contributed by atoms with Gasteiger partial charge in [0.1, 0.15) is 5.82 Å². The van der Waals surface area contributed by atoms with Gasteiger partial charge in [-0.3, -0.25) is 14.2 Å². The number of imidazole rings is 1. The van der Waals surface area contributed by atoms with Gasteiger partial charge in [-0.15, -0.1) is 0 Å². The van der Waals surface area contributed by atoms with E-state index < -0.39 is 0 Å². The van der Waals surface area contributed by atoms with Crippen LogP contribution in [0.2, 0.25) is 0 Å². The van der Waals surface area contributed by atoms with Crippen LogP contribution in [0.25, 0.3) is 5.82 Å². The summed E-state index contributed by atoms with van der Waals surface area (Å²) in [6, 6.07) is 3.44. The topological polar surface area (TPSA) is 115 Å². The van der Waals surface area contributed by atoms with E-state index in [4.69, 9.17) is 5.73 Å². The highest BCUT2D eigenvalue weighted by molar-refractivity contribution is 5.95. The zero-order valence-corrected chi connectivity index (χ0v) is 11.5. The molecule has 2 aromatic rings. The summed E-state index contributed by atoms with van der Waals surface area (Å²) in [7, 11) is 0. The predicted molar refractivity (Wildman–Crippen MR) is 76.8 cm³/mol. The van der Waals surface area contributed by atoms with Crippen LogP contribution in [0.15, 0.2) is 30.7 Å². The summed E-state index contributed by atoms with van der Waals surface area (Å²) in [5, 5.41) is 5.10. The molecule has 0 aliphatic carbocycles. The molecule has 8 heteroatoms. The highest BCUT2D eigenvalue weighted by atomic mass is 16.2. The van der Waals surface area contributed by atoms with E-state index in [9.17, 15) is 9.59 Å². The Bertz CT molecular complexity index is 652. The second-order valence-electron chi connectivity index (χ2n) is 4.25. The molecule has 0 radical (unpaired) electrons. The molecule has 2 aromatic heterocycles. The molecule has 0 aromatic carbocycles. The minimum absolute atomic E-state index is 0.146. The van der Waals surface area contributed by atoms with E-state index in [0.717, 1.165) is 5.82 Å². The molecular formula is C13H16N6O2. The summed E-state index contributed by atoms with van der Waals surface area (Å²) in [5.74, 6) is 0.567. The number of carbonyl (C=O) groups is 2. The third-order valence-corrected chi connectivity index (χ3v) is 2.75. The first-order chi connectivity index (χ1) is 10.1. The number of hydrogen-bond donors (Lipinski definition) is 3. The Hall–Kier alpha value is -2.74. The highest BCUT2D eigenvalue weighted by Crippen LogP contribution is 2.18. The number of nitrogens with zero attached hydrogens (tertiary/aromatic N) is 3. The summed E-state index contributed by atoms with van der Waals surface area (Å²) in [6.45, 7) is 1.54. The van der Waals surface area contributed by atoms with Crippen LogP contribution < -0.4 is 16.4 Å². The van der Waals surface area contributed by atoms with E-state index in [-0.39, 0.29) is 24.9 Å². The number of rotatable bonds is 5. The molecule has 0 saturated carbocycles. The molecule has 8 nitrogen and oxygen atoms in total. The van der Waals surface area contributed by atoms with E-state index >= 15 is 0 Å². The zero-order chi connectivity index (χ0) is 15.2. The Morgan fingerprint density at radius 3 is 2.76 bits per heavy atom. The van der Waals surface area contributed by atoms with Crippen molar-refractivity contribution >= 4 is 17.5 Å². The van der Waals surface area contributed by atoms with Crippen molar-refractivity contribution in [2.24, 2.45) is 5.73 Å². The van der Waals surface area contributed by atoms with Crippen LogP contribution in [0.1, 0.15) is 5.82 Å². The maximum absolute atomic E-state index is 11.8. The Morgan fingerprint density at radius 1 is 1.29 bits per heavy atom. The molecule has 2 amide bonds. The van der Waals surface area contributed by atoms with Gasteiger partial charge in [-0.2, -0.15) is 0 Å². The van der Waals surface area contributed by atoms with E-state index in [1.54, 1.807) is 35.3 Å². The lowest BCUT2D eigenvalue weighted by molar-refractivity contribution is -0.123. The smallest absolute Gasteiger partial charge is 0.243 e. The lowest BCUT2D eigenvalue weighted by atomic mass is 10.3. The standard InChI is InChI=1S/C13H16N6O2/c1-9-15-5-6-19(9)13-10(3-2-4-16-13)18-12(21)8-17-11(20)7-14/h2-6H,7-8,14H2,1H3,(H,17,20)(H,18,21). The van der Waals surface area contributed by atoms with E-state index in [0.29, 0.717) is 11.5 Å². The Kier molecular flexibility index (Phi) is 4.62. The van der Waals surface area contributed by atoms with Crippen LogP contribution in [0.3, 0.4) is 0 Å². The molecule has 4 N–H and O–H groups in total. The summed E-state index contributed by atoms with van der Waals surface area (Å²) < 4.78 is 1.76. The van der Waals surface area contributed by atoms with Gasteiger partial charge in [0.25, 0.3) is 0 Å². The number of carbonyl (C=O) groups excluding carboxylic acids is 2. The number of nitrogens with two attached hydrogens (primary N) is 1.